The predicted molar refractivity (Wildman–Crippen MR) is 61.2 cm³/mol. The molecule has 0 amide bonds. The van der Waals surface area contributed by atoms with E-state index >= 15 is 0 Å². The van der Waals surface area contributed by atoms with Crippen LogP contribution in [-0.2, 0) is 11.2 Å². The first-order valence-electron chi connectivity index (χ1n) is 5.20. The molecular weight excluding hydrogens is 204 g/mol. The maximum Gasteiger partial charge on any atom is 0.313 e. The molecule has 84 valence electrons. The molecule has 2 rings (SSSR count). The van der Waals surface area contributed by atoms with Crippen LogP contribution in [0, 0.1) is 5.41 Å². The van der Waals surface area contributed by atoms with Gasteiger partial charge in [-0.3, -0.25) is 4.79 Å². The van der Waals surface area contributed by atoms with Crippen LogP contribution in [0.3, 0.4) is 0 Å². The summed E-state index contributed by atoms with van der Waals surface area (Å²) in [5, 5.41) is 19.0. The maximum absolute atomic E-state index is 11.2. The number of phenolic OH excluding ortho intramolecular Hbond substituents is 1. The Morgan fingerprint density at radius 1 is 1.38 bits per heavy atom. The summed E-state index contributed by atoms with van der Waals surface area (Å²) in [6.45, 7) is 3.31. The summed E-state index contributed by atoms with van der Waals surface area (Å²) in [7, 11) is 0. The number of aliphatic carboxylic acids is 1. The first-order valence-corrected chi connectivity index (χ1v) is 5.20. The first-order chi connectivity index (χ1) is 7.44. The maximum atomic E-state index is 11.2. The highest BCUT2D eigenvalue weighted by atomic mass is 16.4. The lowest BCUT2D eigenvalue weighted by Gasteiger charge is -2.22. The van der Waals surface area contributed by atoms with Gasteiger partial charge in [0.05, 0.1) is 5.41 Å². The summed E-state index contributed by atoms with van der Waals surface area (Å²) in [4.78, 5) is 11.2. The van der Waals surface area contributed by atoms with Crippen LogP contribution >= 0.6 is 0 Å². The van der Waals surface area contributed by atoms with Gasteiger partial charge in [0.2, 0.25) is 0 Å². The van der Waals surface area contributed by atoms with Crippen LogP contribution in [0.5, 0.6) is 5.75 Å². The fourth-order valence-corrected chi connectivity index (χ4v) is 2.06. The molecule has 0 atom stereocenters. The summed E-state index contributed by atoms with van der Waals surface area (Å²) in [5.41, 5.74) is 1.41. The molecule has 0 fully saturated rings. The summed E-state index contributed by atoms with van der Waals surface area (Å²) >= 11 is 0. The second-order valence-electron chi connectivity index (χ2n) is 4.56. The largest absolute Gasteiger partial charge is 0.507 e. The van der Waals surface area contributed by atoms with Crippen LogP contribution in [0.2, 0.25) is 0 Å². The van der Waals surface area contributed by atoms with E-state index in [0.29, 0.717) is 17.6 Å². The number of benzene rings is 1. The van der Waals surface area contributed by atoms with Crippen LogP contribution in [0.25, 0.3) is 5.57 Å². The molecule has 1 aliphatic carbocycles. The van der Waals surface area contributed by atoms with Crippen molar-refractivity contribution in [2.75, 3.05) is 0 Å². The highest BCUT2D eigenvalue weighted by molar-refractivity contribution is 5.94. The molecule has 3 nitrogen and oxygen atoms in total. The molecular formula is C13H14O3. The van der Waals surface area contributed by atoms with Gasteiger partial charge >= 0.3 is 5.97 Å². The van der Waals surface area contributed by atoms with E-state index in [1.54, 1.807) is 26.0 Å². The standard InChI is InChI=1S/C13H14O3/c1-13(2,12(15)16)9-7-6-8-4-3-5-10(14)11(8)9/h3-5,7,14H,6H2,1-2H3,(H,15,16). The number of carboxylic acid groups (broad SMARTS) is 1. The van der Waals surface area contributed by atoms with Gasteiger partial charge in [-0.15, -0.1) is 0 Å². The van der Waals surface area contributed by atoms with Crippen LogP contribution in [-0.4, -0.2) is 16.2 Å². The van der Waals surface area contributed by atoms with Gasteiger partial charge in [-0.1, -0.05) is 18.2 Å². The van der Waals surface area contributed by atoms with Crippen molar-refractivity contribution < 1.29 is 15.0 Å². The summed E-state index contributed by atoms with van der Waals surface area (Å²) in [6, 6.07) is 5.28. The Hall–Kier alpha value is -1.77. The number of aromatic hydroxyl groups is 1. The second-order valence-corrected chi connectivity index (χ2v) is 4.56. The van der Waals surface area contributed by atoms with E-state index in [-0.39, 0.29) is 5.75 Å². The van der Waals surface area contributed by atoms with E-state index in [2.05, 4.69) is 0 Å². The highest BCUT2D eigenvalue weighted by Gasteiger charge is 2.36. The number of fused-ring (bicyclic) bond motifs is 1. The molecule has 0 saturated heterocycles. The SMILES string of the molecule is CC(C)(C(=O)O)C1=CCc2cccc(O)c21. The molecule has 0 spiro atoms. The molecule has 1 aromatic rings. The lowest BCUT2D eigenvalue weighted by molar-refractivity contribution is -0.143. The van der Waals surface area contributed by atoms with E-state index in [4.69, 9.17) is 0 Å². The monoisotopic (exact) mass is 218 g/mol. The second kappa shape index (κ2) is 3.37. The Morgan fingerprint density at radius 2 is 2.06 bits per heavy atom. The van der Waals surface area contributed by atoms with E-state index in [1.165, 1.54) is 0 Å². The van der Waals surface area contributed by atoms with Gasteiger partial charge in [-0.05, 0) is 37.5 Å². The average molecular weight is 218 g/mol. The predicted octanol–water partition coefficient (Wildman–Crippen LogP) is 2.44. The fourth-order valence-electron chi connectivity index (χ4n) is 2.06. The van der Waals surface area contributed by atoms with Crippen LogP contribution < -0.4 is 0 Å². The van der Waals surface area contributed by atoms with E-state index in [9.17, 15) is 15.0 Å². The first kappa shape index (κ1) is 10.7. The smallest absolute Gasteiger partial charge is 0.313 e. The van der Waals surface area contributed by atoms with Crippen molar-refractivity contribution in [1.29, 1.82) is 0 Å². The highest BCUT2D eigenvalue weighted by Crippen LogP contribution is 2.44. The molecule has 0 aromatic heterocycles. The van der Waals surface area contributed by atoms with Gasteiger partial charge in [0.25, 0.3) is 0 Å². The summed E-state index contributed by atoms with van der Waals surface area (Å²) in [5.74, 6) is -0.717. The lowest BCUT2D eigenvalue weighted by Crippen LogP contribution is -2.24. The van der Waals surface area contributed by atoms with Crippen molar-refractivity contribution in [3.8, 4) is 5.75 Å². The Kier molecular flexibility index (Phi) is 2.26. The third-order valence-electron chi connectivity index (χ3n) is 3.13. The van der Waals surface area contributed by atoms with Gasteiger partial charge in [-0.2, -0.15) is 0 Å². The molecule has 0 bridgehead atoms. The number of carbonyl (C=O) groups is 1. The molecule has 16 heavy (non-hydrogen) atoms. The van der Waals surface area contributed by atoms with Gasteiger partial charge < -0.3 is 10.2 Å². The van der Waals surface area contributed by atoms with Gasteiger partial charge in [0.15, 0.2) is 0 Å². The zero-order chi connectivity index (χ0) is 11.9. The quantitative estimate of drug-likeness (QED) is 0.801. The molecule has 1 aliphatic rings. The van der Waals surface area contributed by atoms with Crippen molar-refractivity contribution in [2.24, 2.45) is 5.41 Å². The third kappa shape index (κ3) is 1.40. The number of hydrogen-bond acceptors (Lipinski definition) is 2. The lowest BCUT2D eigenvalue weighted by atomic mass is 9.81. The molecule has 0 aliphatic heterocycles. The van der Waals surface area contributed by atoms with Crippen molar-refractivity contribution in [2.45, 2.75) is 20.3 Å². The third-order valence-corrected chi connectivity index (χ3v) is 3.13. The zero-order valence-corrected chi connectivity index (χ0v) is 9.32. The van der Waals surface area contributed by atoms with E-state index in [0.717, 1.165) is 5.56 Å². The minimum atomic E-state index is -0.968. The molecule has 2 N–H and O–H groups in total. The Morgan fingerprint density at radius 3 is 2.69 bits per heavy atom. The Balaban J connectivity index is 2.55. The summed E-state index contributed by atoms with van der Waals surface area (Å²) in [6.07, 6.45) is 2.58. The fraction of sp³-hybridized carbons (Fsp3) is 0.308. The van der Waals surface area contributed by atoms with Gasteiger partial charge in [-0.25, -0.2) is 0 Å². The number of rotatable bonds is 2. The molecule has 0 heterocycles. The van der Waals surface area contributed by atoms with Crippen LogP contribution in [0.1, 0.15) is 25.0 Å². The van der Waals surface area contributed by atoms with Crippen molar-refractivity contribution in [1.82, 2.24) is 0 Å². The van der Waals surface area contributed by atoms with Gasteiger partial charge in [0, 0.05) is 5.56 Å². The molecule has 0 saturated carbocycles. The summed E-state index contributed by atoms with van der Waals surface area (Å²) < 4.78 is 0. The Bertz CT molecular complexity index is 484. The topological polar surface area (TPSA) is 57.5 Å². The van der Waals surface area contributed by atoms with Crippen molar-refractivity contribution in [3.05, 3.63) is 35.4 Å². The number of carboxylic acids is 1. The average Bonchev–Trinajstić information content (AvgIpc) is 2.63. The van der Waals surface area contributed by atoms with Crippen molar-refractivity contribution >= 4 is 11.5 Å². The van der Waals surface area contributed by atoms with Crippen molar-refractivity contribution in [3.63, 3.8) is 0 Å². The minimum Gasteiger partial charge on any atom is -0.507 e. The normalized spacial score (nSPS) is 14.5. The van der Waals surface area contributed by atoms with E-state index < -0.39 is 11.4 Å². The molecule has 0 radical (unpaired) electrons. The minimum absolute atomic E-state index is 0.163. The van der Waals surface area contributed by atoms with Crippen LogP contribution in [0.4, 0.5) is 0 Å². The number of phenols is 1. The Labute approximate surface area is 94.0 Å². The number of hydrogen-bond donors (Lipinski definition) is 2. The molecule has 1 aromatic carbocycles. The number of allylic oxidation sites excluding steroid dienone is 1. The molecule has 3 heteroatoms. The van der Waals surface area contributed by atoms with Gasteiger partial charge in [0.1, 0.15) is 5.75 Å². The van der Waals surface area contributed by atoms with E-state index in [1.807, 2.05) is 12.1 Å². The zero-order valence-electron chi connectivity index (χ0n) is 9.32. The molecule has 0 unspecified atom stereocenters. The van der Waals surface area contributed by atoms with Crippen LogP contribution in [0.15, 0.2) is 24.3 Å².